The van der Waals surface area contributed by atoms with E-state index in [-0.39, 0.29) is 38.3 Å². The molecule has 0 N–H and O–H groups in total. The molecule has 2 rings (SSSR count). The molecule has 0 saturated carbocycles. The number of thiazole rings is 1. The van der Waals surface area contributed by atoms with Crippen molar-refractivity contribution in [2.45, 2.75) is 31.3 Å². The topological polar surface area (TPSA) is 33.2 Å². The number of alkyl halides is 4. The Morgan fingerprint density at radius 2 is 2.10 bits per heavy atom. The number of hydrogen-bond acceptors (Lipinski definition) is 3. The van der Waals surface area contributed by atoms with Gasteiger partial charge in [-0.2, -0.15) is 13.2 Å². The molecule has 0 aromatic carbocycles. The summed E-state index contributed by atoms with van der Waals surface area (Å²) in [6.07, 6.45) is -4.04. The van der Waals surface area contributed by atoms with E-state index in [0.717, 1.165) is 5.69 Å². The van der Waals surface area contributed by atoms with Crippen molar-refractivity contribution in [3.8, 4) is 0 Å². The predicted octanol–water partition coefficient (Wildman–Crippen LogP) is 3.23. The molecular weight excluding hydrogens is 313 g/mol. The number of carbonyl (C=O) groups is 1. The Morgan fingerprint density at radius 1 is 1.45 bits per heavy atom. The molecule has 1 aliphatic rings. The van der Waals surface area contributed by atoms with Gasteiger partial charge < -0.3 is 4.90 Å². The van der Waals surface area contributed by atoms with Crippen molar-refractivity contribution in [2.75, 3.05) is 13.1 Å². The number of rotatable bonds is 3. The van der Waals surface area contributed by atoms with Gasteiger partial charge in [-0.15, -0.1) is 22.9 Å². The number of piperidine rings is 1. The van der Waals surface area contributed by atoms with Crippen LogP contribution in [0.3, 0.4) is 0 Å². The van der Waals surface area contributed by atoms with E-state index in [1.165, 1.54) is 16.2 Å². The summed E-state index contributed by atoms with van der Waals surface area (Å²) in [6.45, 7) is 0.327. The van der Waals surface area contributed by atoms with Gasteiger partial charge in [0.2, 0.25) is 5.91 Å². The summed E-state index contributed by atoms with van der Waals surface area (Å²) < 4.78 is 37.6. The summed E-state index contributed by atoms with van der Waals surface area (Å²) in [5.74, 6) is -1.16. The number of halogens is 4. The van der Waals surface area contributed by atoms with Crippen LogP contribution in [0.4, 0.5) is 13.2 Å². The Labute approximate surface area is 123 Å². The Bertz CT molecular complexity index is 470. The van der Waals surface area contributed by atoms with Crippen LogP contribution in [0.25, 0.3) is 0 Å². The van der Waals surface area contributed by atoms with Crippen molar-refractivity contribution >= 4 is 28.8 Å². The maximum atomic E-state index is 12.5. The first-order valence-corrected chi connectivity index (χ1v) is 7.65. The van der Waals surface area contributed by atoms with Gasteiger partial charge in [0.15, 0.2) is 0 Å². The first-order chi connectivity index (χ1) is 9.40. The molecule has 0 spiro atoms. The average molecular weight is 327 g/mol. The Balaban J connectivity index is 1.86. The van der Waals surface area contributed by atoms with Crippen LogP contribution in [0.5, 0.6) is 0 Å². The third kappa shape index (κ3) is 3.85. The lowest BCUT2D eigenvalue weighted by molar-refractivity contribution is -0.186. The largest absolute Gasteiger partial charge is 0.391 e. The molecule has 0 aliphatic carbocycles. The molecule has 1 aromatic heterocycles. The van der Waals surface area contributed by atoms with E-state index >= 15 is 0 Å². The highest BCUT2D eigenvalue weighted by molar-refractivity contribution is 7.09. The van der Waals surface area contributed by atoms with Gasteiger partial charge in [0, 0.05) is 18.5 Å². The highest BCUT2D eigenvalue weighted by Gasteiger charge is 2.41. The fourth-order valence-electron chi connectivity index (χ4n) is 2.19. The fraction of sp³-hybridized carbons (Fsp3) is 0.667. The van der Waals surface area contributed by atoms with E-state index in [1.54, 1.807) is 5.38 Å². The second-order valence-corrected chi connectivity index (χ2v) is 5.95. The molecule has 0 atom stereocenters. The zero-order valence-electron chi connectivity index (χ0n) is 10.6. The number of aromatic nitrogens is 1. The molecule has 1 aromatic rings. The SMILES string of the molecule is O=C(Cc1nc(CCl)cs1)N1CCC(C(F)(F)F)CC1. The molecule has 1 aliphatic heterocycles. The van der Waals surface area contributed by atoms with Crippen molar-refractivity contribution in [2.24, 2.45) is 5.92 Å². The molecule has 112 valence electrons. The lowest BCUT2D eigenvalue weighted by Gasteiger charge is -2.32. The average Bonchev–Trinajstić information content (AvgIpc) is 2.85. The van der Waals surface area contributed by atoms with Crippen molar-refractivity contribution in [3.05, 3.63) is 16.1 Å². The number of likely N-dealkylation sites (tertiary alicyclic amines) is 1. The van der Waals surface area contributed by atoms with Crippen LogP contribution in [-0.4, -0.2) is 35.1 Å². The first-order valence-electron chi connectivity index (χ1n) is 6.24. The fourth-order valence-corrected chi connectivity index (χ4v) is 3.20. The van der Waals surface area contributed by atoms with E-state index in [0.29, 0.717) is 10.9 Å². The number of amides is 1. The monoisotopic (exact) mass is 326 g/mol. The van der Waals surface area contributed by atoms with Gasteiger partial charge in [-0.05, 0) is 12.8 Å². The van der Waals surface area contributed by atoms with Crippen molar-refractivity contribution in [3.63, 3.8) is 0 Å². The highest BCUT2D eigenvalue weighted by atomic mass is 35.5. The zero-order valence-corrected chi connectivity index (χ0v) is 12.2. The molecule has 2 heterocycles. The minimum atomic E-state index is -4.15. The minimum absolute atomic E-state index is 0.0139. The second-order valence-electron chi connectivity index (χ2n) is 4.74. The zero-order chi connectivity index (χ0) is 14.8. The summed E-state index contributed by atoms with van der Waals surface area (Å²) in [7, 11) is 0. The standard InChI is InChI=1S/C12H14ClF3N2OS/c13-6-9-7-20-10(17-9)5-11(19)18-3-1-8(2-4-18)12(14,15)16/h7-8H,1-6H2. The number of carbonyl (C=O) groups excluding carboxylic acids is 1. The van der Waals surface area contributed by atoms with Gasteiger partial charge in [-0.25, -0.2) is 4.98 Å². The highest BCUT2D eigenvalue weighted by Crippen LogP contribution is 2.34. The van der Waals surface area contributed by atoms with Gasteiger partial charge in [-0.1, -0.05) is 0 Å². The molecule has 20 heavy (non-hydrogen) atoms. The summed E-state index contributed by atoms with van der Waals surface area (Å²) in [6, 6.07) is 0. The summed E-state index contributed by atoms with van der Waals surface area (Å²) >= 11 is 6.97. The molecule has 0 bridgehead atoms. The molecule has 0 unspecified atom stereocenters. The van der Waals surface area contributed by atoms with Crippen LogP contribution >= 0.6 is 22.9 Å². The maximum absolute atomic E-state index is 12.5. The Morgan fingerprint density at radius 3 is 2.60 bits per heavy atom. The number of hydrogen-bond donors (Lipinski definition) is 0. The third-order valence-electron chi connectivity index (χ3n) is 3.35. The lowest BCUT2D eigenvalue weighted by Crippen LogP contribution is -2.42. The lowest BCUT2D eigenvalue weighted by atomic mass is 9.96. The third-order valence-corrected chi connectivity index (χ3v) is 4.52. The van der Waals surface area contributed by atoms with Gasteiger partial charge in [0.25, 0.3) is 0 Å². The predicted molar refractivity (Wildman–Crippen MR) is 70.7 cm³/mol. The summed E-state index contributed by atoms with van der Waals surface area (Å²) in [5.41, 5.74) is 0.718. The van der Waals surface area contributed by atoms with Crippen molar-refractivity contribution in [1.29, 1.82) is 0 Å². The quantitative estimate of drug-likeness (QED) is 0.799. The molecular formula is C12H14ClF3N2OS. The van der Waals surface area contributed by atoms with Crippen LogP contribution in [0.15, 0.2) is 5.38 Å². The van der Waals surface area contributed by atoms with E-state index in [2.05, 4.69) is 4.98 Å². The molecule has 1 fully saturated rings. The van der Waals surface area contributed by atoms with Crippen LogP contribution in [-0.2, 0) is 17.1 Å². The van der Waals surface area contributed by atoms with Crippen LogP contribution in [0, 0.1) is 5.92 Å². The van der Waals surface area contributed by atoms with Crippen LogP contribution in [0.1, 0.15) is 23.5 Å². The van der Waals surface area contributed by atoms with E-state index in [1.807, 2.05) is 0 Å². The van der Waals surface area contributed by atoms with E-state index in [4.69, 9.17) is 11.6 Å². The van der Waals surface area contributed by atoms with E-state index < -0.39 is 12.1 Å². The van der Waals surface area contributed by atoms with Crippen LogP contribution < -0.4 is 0 Å². The van der Waals surface area contributed by atoms with Gasteiger partial charge in [0.1, 0.15) is 5.01 Å². The normalized spacial score (nSPS) is 17.5. The first kappa shape index (κ1) is 15.6. The Hall–Kier alpha value is -0.820. The second kappa shape index (κ2) is 6.30. The van der Waals surface area contributed by atoms with Gasteiger partial charge in [-0.3, -0.25) is 4.79 Å². The molecule has 1 amide bonds. The van der Waals surface area contributed by atoms with Gasteiger partial charge >= 0.3 is 6.18 Å². The Kier molecular flexibility index (Phi) is 4.90. The molecule has 3 nitrogen and oxygen atoms in total. The van der Waals surface area contributed by atoms with E-state index in [9.17, 15) is 18.0 Å². The van der Waals surface area contributed by atoms with Crippen molar-refractivity contribution < 1.29 is 18.0 Å². The van der Waals surface area contributed by atoms with Crippen molar-refractivity contribution in [1.82, 2.24) is 9.88 Å². The summed E-state index contributed by atoms with van der Waals surface area (Å²) in [5, 5.41) is 2.44. The number of nitrogens with zero attached hydrogens (tertiary/aromatic N) is 2. The van der Waals surface area contributed by atoms with Crippen LogP contribution in [0.2, 0.25) is 0 Å². The molecule has 0 radical (unpaired) electrons. The smallest absolute Gasteiger partial charge is 0.342 e. The van der Waals surface area contributed by atoms with Gasteiger partial charge in [0.05, 0.1) is 23.9 Å². The molecule has 1 saturated heterocycles. The summed E-state index contributed by atoms with van der Waals surface area (Å²) in [4.78, 5) is 17.7. The maximum Gasteiger partial charge on any atom is 0.391 e. The molecule has 8 heteroatoms. The minimum Gasteiger partial charge on any atom is -0.342 e.